The zero-order chi connectivity index (χ0) is 28.6. The lowest BCUT2D eigenvalue weighted by atomic mass is 10.0. The van der Waals surface area contributed by atoms with Crippen molar-refractivity contribution >= 4 is 29.1 Å². The van der Waals surface area contributed by atoms with Gasteiger partial charge in [-0.25, -0.2) is 4.98 Å². The Morgan fingerprint density at radius 2 is 1.40 bits per heavy atom. The molecule has 1 amide bonds. The molecule has 0 aliphatic heterocycles. The summed E-state index contributed by atoms with van der Waals surface area (Å²) in [6.07, 6.45) is -4.53. The highest BCUT2D eigenvalue weighted by molar-refractivity contribution is 6.31. The number of hydrogen-bond donors (Lipinski definition) is 1. The maximum absolute atomic E-state index is 13.8. The number of alkyl halides is 3. The fourth-order valence-electron chi connectivity index (χ4n) is 4.57. The zero-order valence-corrected chi connectivity index (χ0v) is 22.6. The Hall–Kier alpha value is -4.07. The zero-order valence-electron chi connectivity index (χ0n) is 21.1. The van der Waals surface area contributed by atoms with Crippen molar-refractivity contribution in [3.8, 4) is 33.9 Å². The predicted molar refractivity (Wildman–Crippen MR) is 152 cm³/mol. The van der Waals surface area contributed by atoms with E-state index < -0.39 is 17.6 Å². The third-order valence-corrected chi connectivity index (χ3v) is 6.95. The summed E-state index contributed by atoms with van der Waals surface area (Å²) in [5.41, 5.74) is 9.31. The molecule has 40 heavy (non-hydrogen) atoms. The molecule has 0 aliphatic carbocycles. The third-order valence-electron chi connectivity index (χ3n) is 6.44. The Bertz CT molecular complexity index is 1690. The molecule has 1 aromatic heterocycles. The number of nitrogens with two attached hydrogens (primary N) is 1. The first kappa shape index (κ1) is 27.5. The quantitative estimate of drug-likeness (QED) is 0.219. The van der Waals surface area contributed by atoms with Gasteiger partial charge >= 0.3 is 6.18 Å². The number of carbonyl (C=O) groups excluding carboxylic acids is 1. The Kier molecular flexibility index (Phi) is 7.45. The van der Waals surface area contributed by atoms with Crippen molar-refractivity contribution in [2.75, 3.05) is 0 Å². The standard InChI is InChI=1S/C31H22Cl2F3N3O/c1-18-14-23(16-24(15-18)31(34,35)36)30-38-27(20-6-10-25(32)11-7-20)28(21-8-12-26(33)13-9-21)39(30)17-19-2-4-22(5-3-19)29(37)40/h2-16H,17H2,1H3,(H2,37,40). The van der Waals surface area contributed by atoms with E-state index in [1.54, 1.807) is 61.5 Å². The van der Waals surface area contributed by atoms with Crippen LogP contribution in [0.1, 0.15) is 27.0 Å². The predicted octanol–water partition coefficient (Wildman–Crippen LogP) is 8.67. The summed E-state index contributed by atoms with van der Waals surface area (Å²) < 4.78 is 43.3. The van der Waals surface area contributed by atoms with Crippen molar-refractivity contribution in [3.63, 3.8) is 0 Å². The van der Waals surface area contributed by atoms with Gasteiger partial charge in [-0.05, 0) is 72.6 Å². The van der Waals surface area contributed by atoms with Gasteiger partial charge in [-0.15, -0.1) is 0 Å². The fourth-order valence-corrected chi connectivity index (χ4v) is 4.82. The average molecular weight is 580 g/mol. The van der Waals surface area contributed by atoms with Gasteiger partial charge in [0, 0.05) is 38.8 Å². The van der Waals surface area contributed by atoms with Crippen LogP contribution < -0.4 is 5.73 Å². The largest absolute Gasteiger partial charge is 0.416 e. The van der Waals surface area contributed by atoms with Crippen molar-refractivity contribution in [1.82, 2.24) is 9.55 Å². The van der Waals surface area contributed by atoms with Crippen LogP contribution in [0.5, 0.6) is 0 Å². The highest BCUT2D eigenvalue weighted by Crippen LogP contribution is 2.39. The summed E-state index contributed by atoms with van der Waals surface area (Å²) in [4.78, 5) is 16.5. The number of carbonyl (C=O) groups is 1. The molecule has 4 aromatic carbocycles. The Morgan fingerprint density at radius 3 is 1.95 bits per heavy atom. The monoisotopic (exact) mass is 579 g/mol. The summed E-state index contributed by atoms with van der Waals surface area (Å²) in [7, 11) is 0. The van der Waals surface area contributed by atoms with Crippen LogP contribution in [-0.2, 0) is 12.7 Å². The number of imidazole rings is 1. The first-order chi connectivity index (χ1) is 19.0. The maximum atomic E-state index is 13.8. The van der Waals surface area contributed by atoms with Crippen LogP contribution in [0.15, 0.2) is 91.0 Å². The van der Waals surface area contributed by atoms with E-state index in [0.29, 0.717) is 43.9 Å². The summed E-state index contributed by atoms with van der Waals surface area (Å²) in [6, 6.07) is 24.9. The molecule has 5 rings (SSSR count). The molecule has 0 saturated heterocycles. The molecule has 2 N–H and O–H groups in total. The van der Waals surface area contributed by atoms with Gasteiger partial charge in [0.25, 0.3) is 0 Å². The van der Waals surface area contributed by atoms with Crippen molar-refractivity contribution in [3.05, 3.63) is 123 Å². The molecule has 9 heteroatoms. The van der Waals surface area contributed by atoms with E-state index in [0.717, 1.165) is 28.8 Å². The van der Waals surface area contributed by atoms with Crippen LogP contribution >= 0.6 is 23.2 Å². The second kappa shape index (κ2) is 10.8. The molecule has 4 nitrogen and oxygen atoms in total. The lowest BCUT2D eigenvalue weighted by Crippen LogP contribution is -2.11. The lowest BCUT2D eigenvalue weighted by Gasteiger charge is -2.15. The third kappa shape index (κ3) is 5.76. The topological polar surface area (TPSA) is 60.9 Å². The summed E-state index contributed by atoms with van der Waals surface area (Å²) in [5.74, 6) is -0.204. The maximum Gasteiger partial charge on any atom is 0.416 e. The summed E-state index contributed by atoms with van der Waals surface area (Å²) in [5, 5.41) is 1.08. The van der Waals surface area contributed by atoms with Crippen LogP contribution in [0.4, 0.5) is 13.2 Å². The Balaban J connectivity index is 1.80. The van der Waals surface area contributed by atoms with Crippen molar-refractivity contribution in [1.29, 1.82) is 0 Å². The number of amides is 1. The van der Waals surface area contributed by atoms with Gasteiger partial charge in [0.05, 0.1) is 17.0 Å². The molecular formula is C31H22Cl2F3N3O. The number of halogens is 5. The number of aromatic nitrogens is 2. The van der Waals surface area contributed by atoms with Gasteiger partial charge in [0.15, 0.2) is 0 Å². The summed E-state index contributed by atoms with van der Waals surface area (Å²) in [6.45, 7) is 1.87. The molecule has 0 atom stereocenters. The molecule has 0 fully saturated rings. The first-order valence-corrected chi connectivity index (χ1v) is 13.0. The fraction of sp³-hybridized carbons (Fsp3) is 0.0968. The molecule has 0 spiro atoms. The van der Waals surface area contributed by atoms with Crippen LogP contribution in [-0.4, -0.2) is 15.5 Å². The van der Waals surface area contributed by atoms with Crippen molar-refractivity contribution < 1.29 is 18.0 Å². The molecule has 5 aromatic rings. The van der Waals surface area contributed by atoms with Gasteiger partial charge in [0.2, 0.25) is 5.91 Å². The minimum absolute atomic E-state index is 0.252. The highest BCUT2D eigenvalue weighted by Gasteiger charge is 2.32. The Morgan fingerprint density at radius 1 is 0.825 bits per heavy atom. The van der Waals surface area contributed by atoms with Gasteiger partial charge < -0.3 is 10.3 Å². The first-order valence-electron chi connectivity index (χ1n) is 12.2. The van der Waals surface area contributed by atoms with E-state index in [2.05, 4.69) is 0 Å². The number of nitrogens with zero attached hydrogens (tertiary/aromatic N) is 2. The van der Waals surface area contributed by atoms with Gasteiger partial charge in [-0.3, -0.25) is 4.79 Å². The Labute approximate surface area is 238 Å². The van der Waals surface area contributed by atoms with E-state index in [1.165, 1.54) is 0 Å². The SMILES string of the molecule is Cc1cc(-c2nc(-c3ccc(Cl)cc3)c(-c3ccc(Cl)cc3)n2Cc2ccc(C(N)=O)cc2)cc(C(F)(F)F)c1. The number of hydrogen-bond acceptors (Lipinski definition) is 2. The number of aryl methyl sites for hydroxylation is 1. The van der Waals surface area contributed by atoms with Crippen LogP contribution in [0.2, 0.25) is 10.0 Å². The van der Waals surface area contributed by atoms with E-state index in [-0.39, 0.29) is 6.54 Å². The van der Waals surface area contributed by atoms with E-state index in [1.807, 2.05) is 28.8 Å². The normalized spacial score (nSPS) is 11.6. The van der Waals surface area contributed by atoms with Gasteiger partial charge in [-0.2, -0.15) is 13.2 Å². The van der Waals surface area contributed by atoms with Crippen LogP contribution in [0.25, 0.3) is 33.9 Å². The summed E-state index contributed by atoms with van der Waals surface area (Å²) >= 11 is 12.3. The average Bonchev–Trinajstić information content (AvgIpc) is 3.28. The molecule has 0 bridgehead atoms. The van der Waals surface area contributed by atoms with Crippen molar-refractivity contribution in [2.45, 2.75) is 19.6 Å². The van der Waals surface area contributed by atoms with Crippen LogP contribution in [0.3, 0.4) is 0 Å². The lowest BCUT2D eigenvalue weighted by molar-refractivity contribution is -0.137. The van der Waals surface area contributed by atoms with Crippen LogP contribution in [0, 0.1) is 6.92 Å². The molecule has 1 heterocycles. The van der Waals surface area contributed by atoms with Crippen molar-refractivity contribution in [2.24, 2.45) is 5.73 Å². The molecule has 0 radical (unpaired) electrons. The molecule has 0 unspecified atom stereocenters. The number of primary amides is 1. The number of benzene rings is 4. The minimum atomic E-state index is -4.53. The molecular weight excluding hydrogens is 558 g/mol. The van der Waals surface area contributed by atoms with E-state index >= 15 is 0 Å². The number of rotatable bonds is 6. The molecule has 0 saturated carbocycles. The second-order valence-corrected chi connectivity index (χ2v) is 10.3. The molecule has 202 valence electrons. The van der Waals surface area contributed by atoms with E-state index in [4.69, 9.17) is 33.9 Å². The van der Waals surface area contributed by atoms with Gasteiger partial charge in [-0.1, -0.05) is 59.6 Å². The smallest absolute Gasteiger partial charge is 0.366 e. The second-order valence-electron chi connectivity index (χ2n) is 9.38. The molecule has 0 aliphatic rings. The minimum Gasteiger partial charge on any atom is -0.366 e. The highest BCUT2D eigenvalue weighted by atomic mass is 35.5. The van der Waals surface area contributed by atoms with Gasteiger partial charge in [0.1, 0.15) is 5.82 Å². The van der Waals surface area contributed by atoms with E-state index in [9.17, 15) is 18.0 Å².